The Hall–Kier alpha value is -2.37. The number of amides is 2. The zero-order valence-corrected chi connectivity index (χ0v) is 14.6. The summed E-state index contributed by atoms with van der Waals surface area (Å²) in [6, 6.07) is 7.04. The van der Waals surface area contributed by atoms with Gasteiger partial charge in [0.2, 0.25) is 11.8 Å². The minimum absolute atomic E-state index is 0.224. The van der Waals surface area contributed by atoms with Crippen molar-refractivity contribution in [2.24, 2.45) is 5.92 Å². The van der Waals surface area contributed by atoms with Gasteiger partial charge < -0.3 is 14.9 Å². The molecular weight excluding hydrogens is 320 g/mol. The van der Waals surface area contributed by atoms with Crippen LogP contribution in [0.4, 0.5) is 5.69 Å². The first-order chi connectivity index (χ1) is 11.9. The molecule has 1 unspecified atom stereocenters. The number of aliphatic carboxylic acids is 1. The van der Waals surface area contributed by atoms with E-state index >= 15 is 0 Å². The summed E-state index contributed by atoms with van der Waals surface area (Å²) < 4.78 is 0. The van der Waals surface area contributed by atoms with E-state index in [1.165, 1.54) is 10.5 Å². The fourth-order valence-electron chi connectivity index (χ4n) is 3.69. The van der Waals surface area contributed by atoms with Crippen molar-refractivity contribution >= 4 is 23.5 Å². The summed E-state index contributed by atoms with van der Waals surface area (Å²) >= 11 is 0. The lowest BCUT2D eigenvalue weighted by Crippen LogP contribution is -2.45. The summed E-state index contributed by atoms with van der Waals surface area (Å²) in [5, 5.41) is 9.25. The minimum Gasteiger partial charge on any atom is -0.480 e. The third-order valence-corrected chi connectivity index (χ3v) is 5.20. The molecule has 2 saturated heterocycles. The number of benzene rings is 1. The normalized spacial score (nSPS) is 23.6. The molecule has 1 aromatic rings. The van der Waals surface area contributed by atoms with Crippen molar-refractivity contribution in [3.8, 4) is 0 Å². The number of anilines is 1. The van der Waals surface area contributed by atoms with E-state index in [0.717, 1.165) is 5.69 Å². The van der Waals surface area contributed by atoms with E-state index in [1.807, 2.05) is 24.3 Å². The van der Waals surface area contributed by atoms with Gasteiger partial charge in [-0.1, -0.05) is 26.0 Å². The maximum atomic E-state index is 12.7. The molecule has 6 heteroatoms. The van der Waals surface area contributed by atoms with Crippen molar-refractivity contribution < 1.29 is 19.5 Å². The Bertz CT molecular complexity index is 683. The van der Waals surface area contributed by atoms with E-state index in [1.54, 1.807) is 4.90 Å². The highest BCUT2D eigenvalue weighted by molar-refractivity contribution is 6.10. The van der Waals surface area contributed by atoms with Crippen LogP contribution in [0.3, 0.4) is 0 Å². The van der Waals surface area contributed by atoms with E-state index in [-0.39, 0.29) is 11.8 Å². The van der Waals surface area contributed by atoms with Crippen molar-refractivity contribution in [1.29, 1.82) is 0 Å². The van der Waals surface area contributed by atoms with Gasteiger partial charge in [0.15, 0.2) is 0 Å². The Morgan fingerprint density at radius 1 is 1.12 bits per heavy atom. The first kappa shape index (κ1) is 17.5. The van der Waals surface area contributed by atoms with Crippen LogP contribution in [0.15, 0.2) is 24.3 Å². The molecule has 25 heavy (non-hydrogen) atoms. The highest BCUT2D eigenvalue weighted by Crippen LogP contribution is 2.30. The predicted molar refractivity (Wildman–Crippen MR) is 93.4 cm³/mol. The number of carbonyl (C=O) groups excluding carboxylic acids is 2. The summed E-state index contributed by atoms with van der Waals surface area (Å²) in [5.41, 5.74) is 1.99. The third kappa shape index (κ3) is 3.25. The maximum absolute atomic E-state index is 12.7. The van der Waals surface area contributed by atoms with Crippen LogP contribution in [0.2, 0.25) is 0 Å². The minimum atomic E-state index is -0.988. The molecule has 1 N–H and O–H groups in total. The van der Waals surface area contributed by atoms with Crippen molar-refractivity contribution in [3.05, 3.63) is 29.8 Å². The number of carboxylic acid groups (broad SMARTS) is 1. The molecule has 0 bridgehead atoms. The first-order valence-corrected chi connectivity index (χ1v) is 8.84. The lowest BCUT2D eigenvalue weighted by Gasteiger charge is -2.24. The highest BCUT2D eigenvalue weighted by atomic mass is 16.4. The van der Waals surface area contributed by atoms with Gasteiger partial charge in [-0.2, -0.15) is 0 Å². The molecule has 6 nitrogen and oxygen atoms in total. The van der Waals surface area contributed by atoms with Crippen LogP contribution >= 0.6 is 0 Å². The van der Waals surface area contributed by atoms with Crippen LogP contribution in [0, 0.1) is 5.92 Å². The topological polar surface area (TPSA) is 77.9 Å². The van der Waals surface area contributed by atoms with Gasteiger partial charge in [0, 0.05) is 18.8 Å². The average molecular weight is 344 g/mol. The first-order valence-electron chi connectivity index (χ1n) is 8.84. The molecule has 134 valence electrons. The molecule has 2 heterocycles. The smallest absolute Gasteiger partial charge is 0.326 e. The molecular formula is C19H24N2O4. The number of carbonyl (C=O) groups is 3. The number of hydrogen-bond acceptors (Lipinski definition) is 3. The standard InChI is InChI=1S/C19H24N2O4/c1-12(2)13-5-7-14(8-6-13)20-11-9-15(17(20)22)18(23)21-10-3-4-16(21)19(24)25/h5-8,12,15-16H,3-4,9-11H2,1-2H3,(H,24,25)/t15?,16-/m0/s1. The number of nitrogens with zero attached hydrogens (tertiary/aromatic N) is 2. The Kier molecular flexibility index (Phi) is 4.79. The van der Waals surface area contributed by atoms with Crippen LogP contribution in [0.25, 0.3) is 0 Å². The van der Waals surface area contributed by atoms with Crippen LogP contribution < -0.4 is 4.90 Å². The molecule has 2 aliphatic rings. The van der Waals surface area contributed by atoms with Gasteiger partial charge in [0.25, 0.3) is 0 Å². The van der Waals surface area contributed by atoms with Crippen LogP contribution in [-0.4, -0.2) is 46.9 Å². The fraction of sp³-hybridized carbons (Fsp3) is 0.526. The molecule has 0 aliphatic carbocycles. The third-order valence-electron chi connectivity index (χ3n) is 5.20. The molecule has 0 aromatic heterocycles. The molecule has 1 aromatic carbocycles. The predicted octanol–water partition coefficient (Wildman–Crippen LogP) is 2.24. The monoisotopic (exact) mass is 344 g/mol. The second-order valence-corrected chi connectivity index (χ2v) is 7.11. The van der Waals surface area contributed by atoms with E-state index in [4.69, 9.17) is 0 Å². The summed E-state index contributed by atoms with van der Waals surface area (Å²) in [5.74, 6) is -1.89. The number of likely N-dealkylation sites (tertiary alicyclic amines) is 1. The number of hydrogen-bond donors (Lipinski definition) is 1. The Labute approximate surface area is 147 Å². The summed E-state index contributed by atoms with van der Waals surface area (Å²) in [4.78, 5) is 39.7. The van der Waals surface area contributed by atoms with E-state index in [2.05, 4.69) is 13.8 Å². The quantitative estimate of drug-likeness (QED) is 0.850. The van der Waals surface area contributed by atoms with Crippen molar-refractivity contribution in [2.45, 2.75) is 45.1 Å². The Balaban J connectivity index is 1.73. The van der Waals surface area contributed by atoms with Gasteiger partial charge >= 0.3 is 5.97 Å². The summed E-state index contributed by atoms with van der Waals surface area (Å²) in [6.45, 7) is 5.13. The second kappa shape index (κ2) is 6.86. The summed E-state index contributed by atoms with van der Waals surface area (Å²) in [7, 11) is 0. The van der Waals surface area contributed by atoms with Crippen molar-refractivity contribution in [3.63, 3.8) is 0 Å². The molecule has 0 saturated carbocycles. The van der Waals surface area contributed by atoms with E-state index in [9.17, 15) is 19.5 Å². The molecule has 2 fully saturated rings. The highest BCUT2D eigenvalue weighted by Gasteiger charge is 2.44. The number of rotatable bonds is 4. The number of carboxylic acids is 1. The lowest BCUT2D eigenvalue weighted by atomic mass is 10.0. The molecule has 2 amide bonds. The molecule has 3 rings (SSSR count). The van der Waals surface area contributed by atoms with Gasteiger partial charge in [-0.3, -0.25) is 9.59 Å². The molecule has 0 radical (unpaired) electrons. The maximum Gasteiger partial charge on any atom is 0.326 e. The van der Waals surface area contributed by atoms with Gasteiger partial charge in [-0.15, -0.1) is 0 Å². The second-order valence-electron chi connectivity index (χ2n) is 7.11. The SMILES string of the molecule is CC(C)c1ccc(N2CCC(C(=O)N3CCC[C@H]3C(=O)O)C2=O)cc1. The summed E-state index contributed by atoms with van der Waals surface area (Å²) in [6.07, 6.45) is 1.57. The van der Waals surface area contributed by atoms with Crippen LogP contribution in [0.5, 0.6) is 0 Å². The van der Waals surface area contributed by atoms with Gasteiger partial charge in [0.05, 0.1) is 0 Å². The molecule has 2 aliphatic heterocycles. The fourth-order valence-corrected chi connectivity index (χ4v) is 3.69. The van der Waals surface area contributed by atoms with Gasteiger partial charge in [-0.25, -0.2) is 4.79 Å². The van der Waals surface area contributed by atoms with Gasteiger partial charge in [0.1, 0.15) is 12.0 Å². The van der Waals surface area contributed by atoms with Crippen molar-refractivity contribution in [2.75, 3.05) is 18.0 Å². The van der Waals surface area contributed by atoms with Gasteiger partial charge in [-0.05, 0) is 42.9 Å². The molecule has 0 spiro atoms. The Morgan fingerprint density at radius 3 is 2.40 bits per heavy atom. The van der Waals surface area contributed by atoms with Crippen LogP contribution in [-0.2, 0) is 14.4 Å². The van der Waals surface area contributed by atoms with Crippen LogP contribution in [0.1, 0.15) is 44.6 Å². The van der Waals surface area contributed by atoms with E-state index in [0.29, 0.717) is 38.3 Å². The van der Waals surface area contributed by atoms with Crippen molar-refractivity contribution in [1.82, 2.24) is 4.90 Å². The largest absolute Gasteiger partial charge is 0.480 e. The Morgan fingerprint density at radius 2 is 1.80 bits per heavy atom. The lowest BCUT2D eigenvalue weighted by molar-refractivity contribution is -0.151. The zero-order chi connectivity index (χ0) is 18.1. The van der Waals surface area contributed by atoms with E-state index < -0.39 is 17.9 Å². The average Bonchev–Trinajstić information content (AvgIpc) is 3.21. The molecule has 2 atom stereocenters. The zero-order valence-electron chi connectivity index (χ0n) is 14.6.